The van der Waals surface area contributed by atoms with Crippen LogP contribution in [-0.4, -0.2) is 22.9 Å². The van der Waals surface area contributed by atoms with Crippen molar-refractivity contribution in [2.45, 2.75) is 51.2 Å². The summed E-state index contributed by atoms with van der Waals surface area (Å²) in [6.45, 7) is 2.52. The molecule has 2 aliphatic carbocycles. The van der Waals surface area contributed by atoms with Gasteiger partial charge in [-0.3, -0.25) is 4.79 Å². The minimum Gasteiger partial charge on any atom is -0.467 e. The second kappa shape index (κ2) is 4.43. The number of hydrogen-bond acceptors (Lipinski definition) is 3. The summed E-state index contributed by atoms with van der Waals surface area (Å²) < 4.78 is 5.27. The average molecular weight is 248 g/mol. The Morgan fingerprint density at radius 3 is 2.72 bits per heavy atom. The second-order valence-corrected chi connectivity index (χ2v) is 5.53. The molecule has 1 unspecified atom stereocenters. The third-order valence-corrected chi connectivity index (χ3v) is 4.02. The molecule has 1 aromatic rings. The van der Waals surface area contributed by atoms with Crippen LogP contribution >= 0.6 is 0 Å². The van der Waals surface area contributed by atoms with Crippen LogP contribution < -0.4 is 5.73 Å². The quantitative estimate of drug-likeness (QED) is 0.868. The molecule has 2 saturated carbocycles. The van der Waals surface area contributed by atoms with Crippen molar-refractivity contribution in [1.29, 1.82) is 0 Å². The molecule has 0 aliphatic heterocycles. The van der Waals surface area contributed by atoms with Gasteiger partial charge in [0.2, 0.25) is 0 Å². The Kier molecular flexibility index (Phi) is 2.90. The molecule has 4 nitrogen and oxygen atoms in total. The van der Waals surface area contributed by atoms with Gasteiger partial charge in [-0.1, -0.05) is 0 Å². The highest BCUT2D eigenvalue weighted by Gasteiger charge is 2.42. The number of carbonyl (C=O) groups is 1. The van der Waals surface area contributed by atoms with Gasteiger partial charge in [-0.2, -0.15) is 0 Å². The van der Waals surface area contributed by atoms with Crippen LogP contribution in [-0.2, 0) is 6.54 Å². The highest BCUT2D eigenvalue weighted by atomic mass is 16.3. The summed E-state index contributed by atoms with van der Waals surface area (Å²) in [4.78, 5) is 14.6. The van der Waals surface area contributed by atoms with Crippen molar-refractivity contribution in [3.63, 3.8) is 0 Å². The van der Waals surface area contributed by atoms with Crippen LogP contribution in [0.3, 0.4) is 0 Å². The van der Waals surface area contributed by atoms with Crippen molar-refractivity contribution >= 4 is 5.91 Å². The van der Waals surface area contributed by atoms with Gasteiger partial charge in [0.1, 0.15) is 12.0 Å². The zero-order chi connectivity index (χ0) is 12.7. The summed E-state index contributed by atoms with van der Waals surface area (Å²) in [6, 6.07) is 2.59. The topological polar surface area (TPSA) is 59.5 Å². The molecule has 1 aromatic heterocycles. The molecule has 2 aliphatic rings. The van der Waals surface area contributed by atoms with E-state index in [1.54, 1.807) is 12.3 Å². The minimum absolute atomic E-state index is 0.111. The van der Waals surface area contributed by atoms with Gasteiger partial charge in [0.25, 0.3) is 5.91 Å². The van der Waals surface area contributed by atoms with Crippen LogP contribution in [0.25, 0.3) is 0 Å². The third kappa shape index (κ3) is 2.17. The summed E-state index contributed by atoms with van der Waals surface area (Å²) in [7, 11) is 0. The smallest absolute Gasteiger partial charge is 0.257 e. The predicted octanol–water partition coefficient (Wildman–Crippen LogP) is 2.14. The normalized spacial score (nSPS) is 20.8. The van der Waals surface area contributed by atoms with E-state index < -0.39 is 0 Å². The summed E-state index contributed by atoms with van der Waals surface area (Å²) in [6.07, 6.45) is 6.35. The van der Waals surface area contributed by atoms with Crippen molar-refractivity contribution in [2.24, 2.45) is 11.7 Å². The van der Waals surface area contributed by atoms with E-state index in [9.17, 15) is 4.79 Å². The number of hydrogen-bond donors (Lipinski definition) is 1. The lowest BCUT2D eigenvalue weighted by atomic mass is 10.1. The van der Waals surface area contributed by atoms with Crippen molar-refractivity contribution < 1.29 is 9.21 Å². The largest absolute Gasteiger partial charge is 0.467 e. The van der Waals surface area contributed by atoms with E-state index in [1.807, 2.05) is 0 Å². The van der Waals surface area contributed by atoms with Gasteiger partial charge in [-0.15, -0.1) is 0 Å². The molecular weight excluding hydrogens is 228 g/mol. The summed E-state index contributed by atoms with van der Waals surface area (Å²) in [5, 5.41) is 0. The number of rotatable bonds is 5. The summed E-state index contributed by atoms with van der Waals surface area (Å²) in [5.41, 5.74) is 6.16. The lowest BCUT2D eigenvalue weighted by Gasteiger charge is -2.29. The Morgan fingerprint density at radius 1 is 1.50 bits per heavy atom. The number of furan rings is 1. The first-order valence-electron chi connectivity index (χ1n) is 6.81. The fourth-order valence-corrected chi connectivity index (χ4v) is 2.59. The number of amides is 1. The van der Waals surface area contributed by atoms with Crippen LogP contribution in [0, 0.1) is 5.92 Å². The van der Waals surface area contributed by atoms with Crippen molar-refractivity contribution in [2.75, 3.05) is 0 Å². The fourth-order valence-electron chi connectivity index (χ4n) is 2.59. The van der Waals surface area contributed by atoms with Gasteiger partial charge in [0.05, 0.1) is 12.1 Å². The SMILES string of the molecule is CC(C1CC1)N(C(=O)c1coc(CN)c1)C1CC1. The molecular formula is C14H20N2O2. The van der Waals surface area contributed by atoms with Crippen molar-refractivity contribution in [3.8, 4) is 0 Å². The summed E-state index contributed by atoms with van der Waals surface area (Å²) in [5.74, 6) is 1.49. The second-order valence-electron chi connectivity index (χ2n) is 5.53. The van der Waals surface area contributed by atoms with Crippen LogP contribution in [0.1, 0.15) is 48.7 Å². The van der Waals surface area contributed by atoms with E-state index in [2.05, 4.69) is 11.8 Å². The summed E-state index contributed by atoms with van der Waals surface area (Å²) >= 11 is 0. The number of nitrogens with zero attached hydrogens (tertiary/aromatic N) is 1. The lowest BCUT2D eigenvalue weighted by molar-refractivity contribution is 0.0653. The molecule has 0 radical (unpaired) electrons. The maximum atomic E-state index is 12.6. The van der Waals surface area contributed by atoms with Crippen LogP contribution in [0.4, 0.5) is 0 Å². The molecule has 3 rings (SSSR count). The first-order chi connectivity index (χ1) is 8.70. The fraction of sp³-hybridized carbons (Fsp3) is 0.643. The van der Waals surface area contributed by atoms with Crippen LogP contribution in [0.2, 0.25) is 0 Å². The zero-order valence-corrected chi connectivity index (χ0v) is 10.8. The van der Waals surface area contributed by atoms with E-state index >= 15 is 0 Å². The zero-order valence-electron chi connectivity index (χ0n) is 10.8. The van der Waals surface area contributed by atoms with Crippen molar-refractivity contribution in [3.05, 3.63) is 23.7 Å². The maximum absolute atomic E-state index is 12.6. The Labute approximate surface area is 107 Å². The van der Waals surface area contributed by atoms with E-state index in [0.717, 1.165) is 12.8 Å². The highest BCUT2D eigenvalue weighted by molar-refractivity contribution is 5.94. The first-order valence-corrected chi connectivity index (χ1v) is 6.81. The predicted molar refractivity (Wildman–Crippen MR) is 68.0 cm³/mol. The molecule has 0 spiro atoms. The van der Waals surface area contributed by atoms with E-state index in [1.165, 1.54) is 12.8 Å². The third-order valence-electron chi connectivity index (χ3n) is 4.02. The molecule has 98 valence electrons. The molecule has 0 saturated heterocycles. The first kappa shape index (κ1) is 11.8. The van der Waals surface area contributed by atoms with Gasteiger partial charge in [-0.05, 0) is 44.6 Å². The molecule has 2 N–H and O–H groups in total. The molecule has 4 heteroatoms. The minimum atomic E-state index is 0.111. The van der Waals surface area contributed by atoms with Gasteiger partial charge >= 0.3 is 0 Å². The lowest BCUT2D eigenvalue weighted by Crippen LogP contribution is -2.41. The van der Waals surface area contributed by atoms with E-state index in [-0.39, 0.29) is 5.91 Å². The average Bonchev–Trinajstić information content (AvgIpc) is 3.27. The van der Waals surface area contributed by atoms with Crippen molar-refractivity contribution in [1.82, 2.24) is 4.90 Å². The van der Waals surface area contributed by atoms with Crippen LogP contribution in [0.15, 0.2) is 16.7 Å². The molecule has 1 atom stereocenters. The molecule has 1 heterocycles. The Bertz CT molecular complexity index is 446. The monoisotopic (exact) mass is 248 g/mol. The Hall–Kier alpha value is -1.29. The molecule has 0 aromatic carbocycles. The molecule has 2 fully saturated rings. The maximum Gasteiger partial charge on any atom is 0.257 e. The van der Waals surface area contributed by atoms with Gasteiger partial charge in [-0.25, -0.2) is 0 Å². The molecule has 0 bridgehead atoms. The van der Waals surface area contributed by atoms with E-state index in [0.29, 0.717) is 35.9 Å². The Balaban J connectivity index is 1.78. The van der Waals surface area contributed by atoms with Gasteiger partial charge < -0.3 is 15.1 Å². The molecule has 18 heavy (non-hydrogen) atoms. The Morgan fingerprint density at radius 2 is 2.22 bits per heavy atom. The van der Waals surface area contributed by atoms with Gasteiger partial charge in [0.15, 0.2) is 0 Å². The van der Waals surface area contributed by atoms with Crippen LogP contribution in [0.5, 0.6) is 0 Å². The molecule has 1 amide bonds. The van der Waals surface area contributed by atoms with E-state index in [4.69, 9.17) is 10.2 Å². The van der Waals surface area contributed by atoms with Gasteiger partial charge in [0, 0.05) is 12.1 Å². The standard InChI is InChI=1S/C14H20N2O2/c1-9(10-2-3-10)16(12-4-5-12)14(17)11-6-13(7-15)18-8-11/h6,8-10,12H,2-5,7,15H2,1H3. The number of nitrogens with two attached hydrogens (primary N) is 1. The number of carbonyl (C=O) groups excluding carboxylic acids is 1. The highest BCUT2D eigenvalue weighted by Crippen LogP contribution is 2.40.